The molecule has 0 amide bonds. The van der Waals surface area contributed by atoms with Gasteiger partial charge < -0.3 is 5.32 Å². The molecule has 0 bridgehead atoms. The van der Waals surface area contributed by atoms with Crippen molar-refractivity contribution in [1.29, 1.82) is 0 Å². The van der Waals surface area contributed by atoms with Gasteiger partial charge in [-0.25, -0.2) is 4.98 Å². The molecule has 20 heavy (non-hydrogen) atoms. The molecular formula is C11H7ClF3N3OS. The van der Waals surface area contributed by atoms with Crippen molar-refractivity contribution >= 4 is 34.4 Å². The SMILES string of the molecule is O=Cc1sc(NCc2cnccc2C(F)(F)F)nc1Cl. The number of rotatable bonds is 4. The van der Waals surface area contributed by atoms with Crippen molar-refractivity contribution < 1.29 is 18.0 Å². The lowest BCUT2D eigenvalue weighted by Crippen LogP contribution is -2.12. The van der Waals surface area contributed by atoms with Gasteiger partial charge >= 0.3 is 6.18 Å². The molecule has 0 aromatic carbocycles. The van der Waals surface area contributed by atoms with Gasteiger partial charge in [-0.3, -0.25) is 9.78 Å². The predicted molar refractivity (Wildman–Crippen MR) is 69.1 cm³/mol. The van der Waals surface area contributed by atoms with E-state index < -0.39 is 11.7 Å². The Labute approximate surface area is 120 Å². The molecule has 4 nitrogen and oxygen atoms in total. The van der Waals surface area contributed by atoms with E-state index in [1.807, 2.05) is 0 Å². The van der Waals surface area contributed by atoms with Crippen LogP contribution in [0.15, 0.2) is 18.5 Å². The smallest absolute Gasteiger partial charge is 0.357 e. The Kier molecular flexibility index (Phi) is 4.24. The highest BCUT2D eigenvalue weighted by molar-refractivity contribution is 7.17. The molecule has 0 atom stereocenters. The lowest BCUT2D eigenvalue weighted by molar-refractivity contribution is -0.138. The molecule has 2 aromatic heterocycles. The normalized spacial score (nSPS) is 11.4. The molecule has 0 fully saturated rings. The summed E-state index contributed by atoms with van der Waals surface area (Å²) < 4.78 is 38.3. The van der Waals surface area contributed by atoms with E-state index in [1.54, 1.807) is 0 Å². The van der Waals surface area contributed by atoms with Gasteiger partial charge in [0.2, 0.25) is 0 Å². The van der Waals surface area contributed by atoms with Crippen LogP contribution in [0.3, 0.4) is 0 Å². The molecule has 0 saturated heterocycles. The van der Waals surface area contributed by atoms with Crippen molar-refractivity contribution in [2.75, 3.05) is 5.32 Å². The highest BCUT2D eigenvalue weighted by Crippen LogP contribution is 2.32. The summed E-state index contributed by atoms with van der Waals surface area (Å²) in [5, 5.41) is 2.99. The fraction of sp³-hybridized carbons (Fsp3) is 0.182. The number of anilines is 1. The monoisotopic (exact) mass is 321 g/mol. The number of alkyl halides is 3. The number of thiazole rings is 1. The van der Waals surface area contributed by atoms with E-state index >= 15 is 0 Å². The van der Waals surface area contributed by atoms with Crippen LogP contribution < -0.4 is 5.32 Å². The summed E-state index contributed by atoms with van der Waals surface area (Å²) in [5.41, 5.74) is -0.780. The number of carbonyl (C=O) groups excluding carboxylic acids is 1. The lowest BCUT2D eigenvalue weighted by atomic mass is 10.1. The molecule has 0 aliphatic heterocycles. The maximum atomic E-state index is 12.8. The Morgan fingerprint density at radius 3 is 2.80 bits per heavy atom. The third-order valence-corrected chi connectivity index (χ3v) is 3.69. The average Bonchev–Trinajstić information content (AvgIpc) is 2.76. The van der Waals surface area contributed by atoms with E-state index in [1.165, 1.54) is 0 Å². The third-order valence-electron chi connectivity index (χ3n) is 2.36. The minimum Gasteiger partial charge on any atom is -0.357 e. The zero-order chi connectivity index (χ0) is 14.8. The second-order valence-corrected chi connectivity index (χ2v) is 5.06. The quantitative estimate of drug-likeness (QED) is 0.874. The largest absolute Gasteiger partial charge is 0.416 e. The van der Waals surface area contributed by atoms with E-state index in [-0.39, 0.29) is 27.3 Å². The van der Waals surface area contributed by atoms with Crippen LogP contribution in [0, 0.1) is 0 Å². The summed E-state index contributed by atoms with van der Waals surface area (Å²) in [6.45, 7) is -0.120. The molecule has 0 aliphatic rings. The van der Waals surface area contributed by atoms with E-state index in [4.69, 9.17) is 11.6 Å². The van der Waals surface area contributed by atoms with Gasteiger partial charge in [0, 0.05) is 24.5 Å². The first-order chi connectivity index (χ1) is 9.41. The maximum absolute atomic E-state index is 12.8. The van der Waals surface area contributed by atoms with Gasteiger partial charge in [-0.15, -0.1) is 0 Å². The number of nitrogens with one attached hydrogen (secondary N) is 1. The third kappa shape index (κ3) is 3.26. The molecule has 0 radical (unpaired) electrons. The Bertz CT molecular complexity index is 630. The highest BCUT2D eigenvalue weighted by atomic mass is 35.5. The van der Waals surface area contributed by atoms with Gasteiger partial charge in [0.05, 0.1) is 5.56 Å². The number of carbonyl (C=O) groups is 1. The molecule has 9 heteroatoms. The fourth-order valence-corrected chi connectivity index (χ4v) is 2.44. The van der Waals surface area contributed by atoms with E-state index in [2.05, 4.69) is 15.3 Å². The molecule has 0 saturated carbocycles. The van der Waals surface area contributed by atoms with Crippen molar-refractivity contribution in [3.63, 3.8) is 0 Å². The Morgan fingerprint density at radius 1 is 1.45 bits per heavy atom. The number of hydrogen-bond acceptors (Lipinski definition) is 5. The zero-order valence-electron chi connectivity index (χ0n) is 9.74. The van der Waals surface area contributed by atoms with Gasteiger partial charge in [-0.1, -0.05) is 22.9 Å². The summed E-state index contributed by atoms with van der Waals surface area (Å²) in [6, 6.07) is 0.905. The Balaban J connectivity index is 2.17. The fourth-order valence-electron chi connectivity index (χ4n) is 1.48. The van der Waals surface area contributed by atoms with Crippen LogP contribution in [0.2, 0.25) is 5.15 Å². The van der Waals surface area contributed by atoms with Gasteiger partial charge in [-0.05, 0) is 6.07 Å². The Morgan fingerprint density at radius 2 is 2.20 bits per heavy atom. The second kappa shape index (κ2) is 5.76. The number of aromatic nitrogens is 2. The topological polar surface area (TPSA) is 54.9 Å². The first-order valence-corrected chi connectivity index (χ1v) is 6.46. The number of pyridine rings is 1. The lowest BCUT2D eigenvalue weighted by Gasteiger charge is -2.12. The van der Waals surface area contributed by atoms with Crippen LogP contribution >= 0.6 is 22.9 Å². The molecule has 0 aliphatic carbocycles. The van der Waals surface area contributed by atoms with Gasteiger partial charge in [0.1, 0.15) is 4.88 Å². The summed E-state index contributed by atoms with van der Waals surface area (Å²) in [4.78, 5) is 18.3. The van der Waals surface area contributed by atoms with Crippen molar-refractivity contribution in [1.82, 2.24) is 9.97 Å². The molecule has 1 N–H and O–H groups in total. The van der Waals surface area contributed by atoms with Crippen molar-refractivity contribution in [3.05, 3.63) is 39.6 Å². The number of aldehydes is 1. The van der Waals surface area contributed by atoms with Crippen LogP contribution in [0.4, 0.5) is 18.3 Å². The van der Waals surface area contributed by atoms with Crippen molar-refractivity contribution in [3.8, 4) is 0 Å². The van der Waals surface area contributed by atoms with E-state index in [0.29, 0.717) is 6.29 Å². The second-order valence-electron chi connectivity index (χ2n) is 3.68. The Hall–Kier alpha value is -1.67. The standard InChI is InChI=1S/C11H7ClF3N3OS/c12-9-8(5-19)20-10(18-9)17-4-6-3-16-2-1-7(6)11(13,14)15/h1-3,5H,4H2,(H,17,18). The molecule has 106 valence electrons. The minimum absolute atomic E-state index is 0.0148. The first-order valence-electron chi connectivity index (χ1n) is 5.27. The molecule has 2 aromatic rings. The summed E-state index contributed by atoms with van der Waals surface area (Å²) in [6.07, 6.45) is -1.70. The molecule has 0 unspecified atom stereocenters. The molecule has 0 spiro atoms. The predicted octanol–water partition coefficient (Wildman–Crippen LogP) is 3.63. The van der Waals surface area contributed by atoms with Crippen LogP contribution in [-0.2, 0) is 12.7 Å². The number of halogens is 4. The first kappa shape index (κ1) is 14.7. The van der Waals surface area contributed by atoms with Crippen molar-refractivity contribution in [2.24, 2.45) is 0 Å². The van der Waals surface area contributed by atoms with E-state index in [9.17, 15) is 18.0 Å². The van der Waals surface area contributed by atoms with E-state index in [0.717, 1.165) is 29.8 Å². The van der Waals surface area contributed by atoms with Gasteiger partial charge in [0.25, 0.3) is 0 Å². The number of hydrogen-bond donors (Lipinski definition) is 1. The van der Waals surface area contributed by atoms with Crippen LogP contribution in [0.25, 0.3) is 0 Å². The average molecular weight is 322 g/mol. The zero-order valence-corrected chi connectivity index (χ0v) is 11.3. The minimum atomic E-state index is -4.45. The maximum Gasteiger partial charge on any atom is 0.416 e. The molecule has 2 heterocycles. The van der Waals surface area contributed by atoms with Crippen LogP contribution in [0.1, 0.15) is 20.8 Å². The number of nitrogens with zero attached hydrogens (tertiary/aromatic N) is 2. The van der Waals surface area contributed by atoms with Crippen LogP contribution in [-0.4, -0.2) is 16.3 Å². The summed E-state index contributed by atoms with van der Waals surface area (Å²) in [7, 11) is 0. The van der Waals surface area contributed by atoms with Gasteiger partial charge in [0.15, 0.2) is 16.6 Å². The van der Waals surface area contributed by atoms with Gasteiger partial charge in [-0.2, -0.15) is 13.2 Å². The highest BCUT2D eigenvalue weighted by Gasteiger charge is 2.33. The molecule has 2 rings (SSSR count). The molecular weight excluding hydrogens is 315 g/mol. The summed E-state index contributed by atoms with van der Waals surface area (Å²) >= 11 is 6.63. The summed E-state index contributed by atoms with van der Waals surface area (Å²) in [5.74, 6) is 0. The van der Waals surface area contributed by atoms with Crippen LogP contribution in [0.5, 0.6) is 0 Å². The van der Waals surface area contributed by atoms with Crippen molar-refractivity contribution in [2.45, 2.75) is 12.7 Å².